The Morgan fingerprint density at radius 1 is 0.938 bits per heavy atom. The number of aryl methyl sites for hydroxylation is 1. The first kappa shape index (κ1) is 21.8. The van der Waals surface area contributed by atoms with E-state index in [4.69, 9.17) is 4.99 Å². The third-order valence-electron chi connectivity index (χ3n) is 5.31. The molecule has 0 aliphatic heterocycles. The van der Waals surface area contributed by atoms with E-state index in [0.717, 1.165) is 27.4 Å². The molecule has 5 heteroatoms. The Labute approximate surface area is 193 Å². The molecule has 0 atom stereocenters. The van der Waals surface area contributed by atoms with E-state index in [-0.39, 0.29) is 18.5 Å². The summed E-state index contributed by atoms with van der Waals surface area (Å²) in [5, 5.41) is 2.12. The molecule has 1 heterocycles. The molecule has 0 fully saturated rings. The smallest absolute Gasteiger partial charge is 0.248 e. The van der Waals surface area contributed by atoms with Crippen LogP contribution >= 0.6 is 11.3 Å². The number of carbonyl (C=O) groups is 1. The fourth-order valence-electron chi connectivity index (χ4n) is 3.83. The van der Waals surface area contributed by atoms with Gasteiger partial charge in [-0.1, -0.05) is 60.7 Å². The van der Waals surface area contributed by atoms with Crippen molar-refractivity contribution in [2.45, 2.75) is 26.8 Å². The van der Waals surface area contributed by atoms with Crippen LogP contribution in [0.4, 0.5) is 5.69 Å². The van der Waals surface area contributed by atoms with Crippen molar-refractivity contribution in [2.24, 2.45) is 4.99 Å². The summed E-state index contributed by atoms with van der Waals surface area (Å²) in [6, 6.07) is 28.4. The summed E-state index contributed by atoms with van der Waals surface area (Å²) in [6.45, 7) is 6.25. The molecule has 0 aliphatic carbocycles. The molecular weight excluding hydrogens is 414 g/mol. The lowest BCUT2D eigenvalue weighted by Crippen LogP contribution is -2.39. The molecular formula is C27H27N3OS. The van der Waals surface area contributed by atoms with Crippen LogP contribution in [0.5, 0.6) is 0 Å². The number of benzene rings is 3. The first-order chi connectivity index (χ1) is 15.6. The molecule has 4 aromatic rings. The second-order valence-corrected chi connectivity index (χ2v) is 8.74. The van der Waals surface area contributed by atoms with Gasteiger partial charge in [-0.25, -0.2) is 4.99 Å². The molecule has 0 saturated carbocycles. The van der Waals surface area contributed by atoms with Crippen molar-refractivity contribution in [3.05, 3.63) is 101 Å². The van der Waals surface area contributed by atoms with Crippen molar-refractivity contribution < 1.29 is 4.79 Å². The van der Waals surface area contributed by atoms with Gasteiger partial charge in [-0.2, -0.15) is 0 Å². The Morgan fingerprint density at radius 3 is 2.22 bits per heavy atom. The van der Waals surface area contributed by atoms with E-state index >= 15 is 0 Å². The summed E-state index contributed by atoms with van der Waals surface area (Å²) in [7, 11) is 0. The van der Waals surface area contributed by atoms with E-state index in [1.54, 1.807) is 11.3 Å². The van der Waals surface area contributed by atoms with Crippen LogP contribution in [0.25, 0.3) is 16.9 Å². The molecule has 0 saturated heterocycles. The Balaban J connectivity index is 1.75. The summed E-state index contributed by atoms with van der Waals surface area (Å²) in [5.74, 6) is -0.0170. The maximum atomic E-state index is 13.2. The van der Waals surface area contributed by atoms with Gasteiger partial charge >= 0.3 is 0 Å². The second kappa shape index (κ2) is 9.79. The molecule has 0 unspecified atom stereocenters. The Bertz CT molecular complexity index is 1260. The minimum absolute atomic E-state index is 0.0170. The van der Waals surface area contributed by atoms with E-state index in [1.165, 1.54) is 5.56 Å². The van der Waals surface area contributed by atoms with Crippen LogP contribution in [0, 0.1) is 6.92 Å². The van der Waals surface area contributed by atoms with E-state index in [1.807, 2.05) is 73.3 Å². The average Bonchev–Trinajstić information content (AvgIpc) is 3.23. The highest BCUT2D eigenvalue weighted by Gasteiger charge is 2.19. The van der Waals surface area contributed by atoms with Gasteiger partial charge in [0.2, 0.25) is 5.91 Å². The topological polar surface area (TPSA) is 37.6 Å². The number of hydrogen-bond acceptors (Lipinski definition) is 3. The first-order valence-corrected chi connectivity index (χ1v) is 11.6. The summed E-state index contributed by atoms with van der Waals surface area (Å²) >= 11 is 1.56. The number of para-hydroxylation sites is 2. The summed E-state index contributed by atoms with van der Waals surface area (Å²) in [4.78, 5) is 20.6. The molecule has 3 aromatic carbocycles. The lowest BCUT2D eigenvalue weighted by Gasteiger charge is -2.26. The summed E-state index contributed by atoms with van der Waals surface area (Å²) < 4.78 is 2.14. The lowest BCUT2D eigenvalue weighted by molar-refractivity contribution is -0.117. The quantitative estimate of drug-likeness (QED) is 0.369. The van der Waals surface area contributed by atoms with E-state index in [0.29, 0.717) is 0 Å². The number of thiazole rings is 1. The van der Waals surface area contributed by atoms with Crippen molar-refractivity contribution in [2.75, 3.05) is 11.4 Å². The number of hydrogen-bond donors (Lipinski definition) is 0. The van der Waals surface area contributed by atoms with Crippen molar-refractivity contribution in [1.82, 2.24) is 4.57 Å². The van der Waals surface area contributed by atoms with Gasteiger partial charge in [0.1, 0.15) is 6.54 Å². The molecule has 0 radical (unpaired) electrons. The van der Waals surface area contributed by atoms with Crippen molar-refractivity contribution in [1.29, 1.82) is 0 Å². The van der Waals surface area contributed by atoms with E-state index < -0.39 is 0 Å². The highest BCUT2D eigenvalue weighted by atomic mass is 32.1. The predicted octanol–water partition coefficient (Wildman–Crippen LogP) is 5.86. The van der Waals surface area contributed by atoms with Gasteiger partial charge in [-0.05, 0) is 50.6 Å². The first-order valence-electron chi connectivity index (χ1n) is 10.8. The molecule has 1 aromatic heterocycles. The van der Waals surface area contributed by atoms with Crippen LogP contribution in [-0.4, -0.2) is 23.1 Å². The van der Waals surface area contributed by atoms with Crippen molar-refractivity contribution >= 4 is 22.9 Å². The van der Waals surface area contributed by atoms with Gasteiger partial charge < -0.3 is 4.90 Å². The van der Waals surface area contributed by atoms with Gasteiger partial charge in [-0.15, -0.1) is 11.3 Å². The summed E-state index contributed by atoms with van der Waals surface area (Å²) in [6.07, 6.45) is 0. The maximum Gasteiger partial charge on any atom is 0.248 e. The minimum atomic E-state index is -0.0170. The minimum Gasteiger partial charge on any atom is -0.308 e. The van der Waals surface area contributed by atoms with Crippen LogP contribution in [-0.2, 0) is 4.79 Å². The number of carbonyl (C=O) groups excluding carboxylic acids is 1. The highest BCUT2D eigenvalue weighted by molar-refractivity contribution is 7.07. The van der Waals surface area contributed by atoms with Crippen LogP contribution in [0.2, 0.25) is 0 Å². The molecule has 4 nitrogen and oxygen atoms in total. The molecule has 0 aliphatic rings. The maximum absolute atomic E-state index is 13.2. The van der Waals surface area contributed by atoms with Crippen LogP contribution in [0.1, 0.15) is 19.4 Å². The molecule has 162 valence electrons. The van der Waals surface area contributed by atoms with E-state index in [9.17, 15) is 4.79 Å². The fraction of sp³-hybridized carbons (Fsp3) is 0.185. The molecule has 32 heavy (non-hydrogen) atoms. The zero-order valence-electron chi connectivity index (χ0n) is 18.6. The molecule has 1 amide bonds. The van der Waals surface area contributed by atoms with E-state index in [2.05, 4.69) is 47.2 Å². The van der Waals surface area contributed by atoms with Crippen molar-refractivity contribution in [3.63, 3.8) is 0 Å². The number of anilines is 1. The SMILES string of the molecule is Cc1ccccc1-c1csc(=NCC(=O)N(c2ccccc2)C(C)C)n1-c1ccccc1. The molecule has 0 bridgehead atoms. The zero-order chi connectivity index (χ0) is 22.5. The Morgan fingerprint density at radius 2 is 1.56 bits per heavy atom. The zero-order valence-corrected chi connectivity index (χ0v) is 19.4. The van der Waals surface area contributed by atoms with Gasteiger partial charge in [0, 0.05) is 28.4 Å². The van der Waals surface area contributed by atoms with Gasteiger partial charge in [0.05, 0.1) is 5.69 Å². The van der Waals surface area contributed by atoms with Crippen molar-refractivity contribution in [3.8, 4) is 16.9 Å². The van der Waals surface area contributed by atoms with Crippen LogP contribution in [0.3, 0.4) is 0 Å². The lowest BCUT2D eigenvalue weighted by atomic mass is 10.1. The largest absolute Gasteiger partial charge is 0.308 e. The predicted molar refractivity (Wildman–Crippen MR) is 133 cm³/mol. The molecule has 0 N–H and O–H groups in total. The number of aromatic nitrogens is 1. The van der Waals surface area contributed by atoms with Gasteiger partial charge in [0.15, 0.2) is 4.80 Å². The monoisotopic (exact) mass is 441 g/mol. The summed E-state index contributed by atoms with van der Waals surface area (Å²) in [5.41, 5.74) is 5.36. The van der Waals surface area contributed by atoms with Gasteiger partial charge in [-0.3, -0.25) is 9.36 Å². The Hall–Kier alpha value is -3.44. The standard InChI is InChI=1S/C27H27N3OS/c1-20(2)29(22-13-6-4-7-14-22)26(31)18-28-27-30(23-15-8-5-9-16-23)25(19-32-27)24-17-11-10-12-21(24)3/h4-17,19-20H,18H2,1-3H3. The number of rotatable bonds is 6. The molecule has 0 spiro atoms. The third kappa shape index (κ3) is 4.58. The average molecular weight is 442 g/mol. The number of amides is 1. The highest BCUT2D eigenvalue weighted by Crippen LogP contribution is 2.26. The fourth-order valence-corrected chi connectivity index (χ4v) is 4.72. The van der Waals surface area contributed by atoms with Crippen LogP contribution < -0.4 is 9.70 Å². The van der Waals surface area contributed by atoms with Gasteiger partial charge in [0.25, 0.3) is 0 Å². The van der Waals surface area contributed by atoms with Crippen LogP contribution in [0.15, 0.2) is 95.3 Å². The number of nitrogens with zero attached hydrogens (tertiary/aromatic N) is 3. The second-order valence-electron chi connectivity index (χ2n) is 7.90. The Kier molecular flexibility index (Phi) is 6.66. The normalized spacial score (nSPS) is 11.7. The third-order valence-corrected chi connectivity index (χ3v) is 6.18. The molecule has 4 rings (SSSR count).